The summed E-state index contributed by atoms with van der Waals surface area (Å²) in [5.41, 5.74) is 2.03. The largest absolute Gasteiger partial charge is 0.586 e. The third kappa shape index (κ3) is 2.94. The molecule has 0 unspecified atom stereocenters. The number of imidazole rings is 1. The van der Waals surface area contributed by atoms with Gasteiger partial charge in [-0.05, 0) is 24.3 Å². The number of carbonyl (C=O) groups is 1. The highest BCUT2D eigenvalue weighted by Gasteiger charge is 2.43. The maximum atomic E-state index is 13.1. The third-order valence-corrected chi connectivity index (χ3v) is 4.04. The molecule has 1 aliphatic heterocycles. The zero-order valence-electron chi connectivity index (χ0n) is 13.8. The number of alkyl halides is 2. The Kier molecular flexibility index (Phi) is 3.75. The summed E-state index contributed by atoms with van der Waals surface area (Å²) in [6.07, 6.45) is -3.00. The molecule has 0 spiro atoms. The van der Waals surface area contributed by atoms with Crippen LogP contribution in [0.2, 0.25) is 0 Å². The highest BCUT2D eigenvalue weighted by molar-refractivity contribution is 5.92. The molecule has 0 fully saturated rings. The molecule has 1 aliphatic rings. The molecule has 0 saturated carbocycles. The summed E-state index contributed by atoms with van der Waals surface area (Å²) in [7, 11) is 0. The van der Waals surface area contributed by atoms with Crippen LogP contribution in [-0.4, -0.2) is 21.8 Å². The van der Waals surface area contributed by atoms with Crippen molar-refractivity contribution < 1.29 is 23.0 Å². The molecule has 1 N–H and O–H groups in total. The predicted octanol–water partition coefficient (Wildman–Crippen LogP) is 3.56. The van der Waals surface area contributed by atoms with Gasteiger partial charge in [0, 0.05) is 18.2 Å². The first-order valence-electron chi connectivity index (χ1n) is 8.09. The molecular weight excluding hydrogens is 344 g/mol. The van der Waals surface area contributed by atoms with Crippen molar-refractivity contribution in [3.05, 3.63) is 48.3 Å². The van der Waals surface area contributed by atoms with Gasteiger partial charge in [0.25, 0.3) is 0 Å². The van der Waals surface area contributed by atoms with Gasteiger partial charge in [-0.2, -0.15) is 0 Å². The molecule has 2 heterocycles. The number of hydrogen-bond acceptors (Lipinski definition) is 4. The average Bonchev–Trinajstić information content (AvgIpc) is 3.10. The fourth-order valence-corrected chi connectivity index (χ4v) is 2.94. The minimum Gasteiger partial charge on any atom is -0.395 e. The highest BCUT2D eigenvalue weighted by Crippen LogP contribution is 2.42. The van der Waals surface area contributed by atoms with Gasteiger partial charge in [0.05, 0.1) is 11.0 Å². The lowest BCUT2D eigenvalue weighted by molar-refractivity contribution is -0.286. The van der Waals surface area contributed by atoms with Crippen LogP contribution in [0.25, 0.3) is 11.0 Å². The Labute approximate surface area is 147 Å². The number of anilines is 1. The fourth-order valence-electron chi connectivity index (χ4n) is 2.94. The van der Waals surface area contributed by atoms with Crippen LogP contribution in [0, 0.1) is 0 Å². The molecule has 2 aromatic carbocycles. The minimum absolute atomic E-state index is 0.0638. The Morgan fingerprint density at radius 3 is 2.77 bits per heavy atom. The van der Waals surface area contributed by atoms with E-state index in [2.05, 4.69) is 19.8 Å². The molecular formula is C18H15F2N3O3. The maximum Gasteiger partial charge on any atom is 0.586 e. The van der Waals surface area contributed by atoms with Gasteiger partial charge in [-0.25, -0.2) is 4.98 Å². The van der Waals surface area contributed by atoms with Crippen molar-refractivity contribution in [3.63, 3.8) is 0 Å². The maximum absolute atomic E-state index is 13.1. The van der Waals surface area contributed by atoms with E-state index in [0.29, 0.717) is 12.1 Å². The topological polar surface area (TPSA) is 65.4 Å². The number of rotatable bonds is 4. The minimum atomic E-state index is -3.68. The van der Waals surface area contributed by atoms with Gasteiger partial charge in [0.2, 0.25) is 5.91 Å². The van der Waals surface area contributed by atoms with Gasteiger partial charge >= 0.3 is 6.29 Å². The molecule has 3 aromatic rings. The fraction of sp³-hybridized carbons (Fsp3) is 0.222. The molecule has 26 heavy (non-hydrogen) atoms. The molecule has 4 rings (SSSR count). The number of nitrogens with zero attached hydrogens (tertiary/aromatic N) is 2. The van der Waals surface area contributed by atoms with Crippen LogP contribution in [0.1, 0.15) is 12.7 Å². The molecule has 6 nitrogen and oxygen atoms in total. The molecule has 0 aliphatic carbocycles. The van der Waals surface area contributed by atoms with Crippen LogP contribution < -0.4 is 14.8 Å². The second-order valence-electron chi connectivity index (χ2n) is 5.83. The van der Waals surface area contributed by atoms with Crippen LogP contribution >= 0.6 is 0 Å². The number of para-hydroxylation sites is 2. The van der Waals surface area contributed by atoms with Crippen molar-refractivity contribution in [2.45, 2.75) is 26.2 Å². The van der Waals surface area contributed by atoms with E-state index in [1.165, 1.54) is 18.2 Å². The Balaban J connectivity index is 1.54. The van der Waals surface area contributed by atoms with Crippen molar-refractivity contribution >= 4 is 22.6 Å². The van der Waals surface area contributed by atoms with E-state index in [0.717, 1.165) is 16.9 Å². The second-order valence-corrected chi connectivity index (χ2v) is 5.83. The zero-order chi connectivity index (χ0) is 18.3. The SMILES string of the molecule is CCc1nc2ccccc2n1CC(=O)Nc1ccc2c(c1)OC(F)(F)O2. The van der Waals surface area contributed by atoms with E-state index >= 15 is 0 Å². The number of fused-ring (bicyclic) bond motifs is 2. The summed E-state index contributed by atoms with van der Waals surface area (Å²) >= 11 is 0. The smallest absolute Gasteiger partial charge is 0.395 e. The van der Waals surface area contributed by atoms with E-state index in [4.69, 9.17) is 0 Å². The molecule has 0 bridgehead atoms. The number of benzene rings is 2. The van der Waals surface area contributed by atoms with E-state index in [-0.39, 0.29) is 24.0 Å². The van der Waals surface area contributed by atoms with Crippen LogP contribution in [0.5, 0.6) is 11.5 Å². The molecule has 0 atom stereocenters. The third-order valence-electron chi connectivity index (χ3n) is 4.04. The Bertz CT molecular complexity index is 1000. The van der Waals surface area contributed by atoms with Crippen LogP contribution in [0.15, 0.2) is 42.5 Å². The Hall–Kier alpha value is -3.16. The van der Waals surface area contributed by atoms with Gasteiger partial charge in [0.1, 0.15) is 12.4 Å². The summed E-state index contributed by atoms with van der Waals surface area (Å²) in [5, 5.41) is 2.69. The van der Waals surface area contributed by atoms with Gasteiger partial charge in [-0.15, -0.1) is 8.78 Å². The summed E-state index contributed by atoms with van der Waals surface area (Å²) in [5.74, 6) is 0.317. The molecule has 0 saturated heterocycles. The lowest BCUT2D eigenvalue weighted by atomic mass is 10.2. The van der Waals surface area contributed by atoms with Crippen molar-refractivity contribution in [1.82, 2.24) is 9.55 Å². The van der Waals surface area contributed by atoms with Crippen LogP contribution in [-0.2, 0) is 17.8 Å². The summed E-state index contributed by atoms with van der Waals surface area (Å²) in [6.45, 7) is 2.03. The first-order chi connectivity index (χ1) is 12.4. The Morgan fingerprint density at radius 1 is 1.19 bits per heavy atom. The number of aromatic nitrogens is 2. The quantitative estimate of drug-likeness (QED) is 0.774. The summed E-state index contributed by atoms with van der Waals surface area (Å²) in [6, 6.07) is 11.7. The average molecular weight is 359 g/mol. The van der Waals surface area contributed by atoms with Gasteiger partial charge < -0.3 is 19.4 Å². The van der Waals surface area contributed by atoms with Gasteiger partial charge in [-0.1, -0.05) is 19.1 Å². The van der Waals surface area contributed by atoms with E-state index in [1.807, 2.05) is 35.8 Å². The monoisotopic (exact) mass is 359 g/mol. The summed E-state index contributed by atoms with van der Waals surface area (Å²) in [4.78, 5) is 17.0. The van der Waals surface area contributed by atoms with Crippen molar-refractivity contribution in [2.24, 2.45) is 0 Å². The molecule has 8 heteroatoms. The lowest BCUT2D eigenvalue weighted by Crippen LogP contribution is -2.25. The Morgan fingerprint density at radius 2 is 1.96 bits per heavy atom. The van der Waals surface area contributed by atoms with Crippen LogP contribution in [0.4, 0.5) is 14.5 Å². The second kappa shape index (κ2) is 5.98. The predicted molar refractivity (Wildman–Crippen MR) is 90.4 cm³/mol. The number of amides is 1. The number of nitrogens with one attached hydrogen (secondary N) is 1. The van der Waals surface area contributed by atoms with Crippen LogP contribution in [0.3, 0.4) is 0 Å². The molecule has 134 valence electrons. The van der Waals surface area contributed by atoms with E-state index in [9.17, 15) is 13.6 Å². The number of ether oxygens (including phenoxy) is 2. The van der Waals surface area contributed by atoms with Gasteiger partial charge in [-0.3, -0.25) is 4.79 Å². The number of aryl methyl sites for hydroxylation is 1. The number of carbonyl (C=O) groups excluding carboxylic acids is 1. The van der Waals surface area contributed by atoms with Crippen molar-refractivity contribution in [1.29, 1.82) is 0 Å². The summed E-state index contributed by atoms with van der Waals surface area (Å²) < 4.78 is 36.7. The first-order valence-corrected chi connectivity index (χ1v) is 8.09. The van der Waals surface area contributed by atoms with Gasteiger partial charge in [0.15, 0.2) is 11.5 Å². The zero-order valence-corrected chi connectivity index (χ0v) is 13.8. The standard InChI is InChI=1S/C18H15F2N3O3/c1-2-16-22-12-5-3-4-6-13(12)23(16)10-17(24)21-11-7-8-14-15(9-11)26-18(19,20)25-14/h3-9H,2,10H2,1H3,(H,21,24). The highest BCUT2D eigenvalue weighted by atomic mass is 19.3. The molecule has 1 amide bonds. The molecule has 1 aromatic heterocycles. The lowest BCUT2D eigenvalue weighted by Gasteiger charge is -2.09. The normalized spacial score (nSPS) is 14.6. The molecule has 0 radical (unpaired) electrons. The van der Waals surface area contributed by atoms with E-state index < -0.39 is 6.29 Å². The number of halogens is 2. The first kappa shape index (κ1) is 16.3. The van der Waals surface area contributed by atoms with Crippen molar-refractivity contribution in [3.8, 4) is 11.5 Å². The number of hydrogen-bond donors (Lipinski definition) is 1. The van der Waals surface area contributed by atoms with Crippen molar-refractivity contribution in [2.75, 3.05) is 5.32 Å². The van der Waals surface area contributed by atoms with E-state index in [1.54, 1.807) is 0 Å².